The summed E-state index contributed by atoms with van der Waals surface area (Å²) in [6.07, 6.45) is 0.873. The summed E-state index contributed by atoms with van der Waals surface area (Å²) in [5, 5.41) is 12.2. The molecule has 0 amide bonds. The molecule has 3 nitrogen and oxygen atoms in total. The van der Waals surface area contributed by atoms with Crippen LogP contribution in [-0.2, 0) is 6.42 Å². The van der Waals surface area contributed by atoms with Gasteiger partial charge in [0.2, 0.25) is 0 Å². The quantitative estimate of drug-likeness (QED) is 0.928. The Balaban J connectivity index is 1.98. The van der Waals surface area contributed by atoms with Crippen LogP contribution in [0, 0.1) is 18.3 Å². The molecular formula is C13H12ClN3S. The molecule has 0 saturated heterocycles. The second-order valence-corrected chi connectivity index (χ2v) is 5.64. The van der Waals surface area contributed by atoms with Gasteiger partial charge in [0.1, 0.15) is 11.9 Å². The van der Waals surface area contributed by atoms with E-state index in [2.05, 4.69) is 16.4 Å². The lowest BCUT2D eigenvalue weighted by molar-refractivity contribution is 1.02. The SMILES string of the molecule is Cc1ccc(C#N)c(NCCc2ccc(Cl)s2)n1. The van der Waals surface area contributed by atoms with Crippen LogP contribution in [0.3, 0.4) is 0 Å². The molecular weight excluding hydrogens is 266 g/mol. The molecule has 0 aliphatic heterocycles. The number of nitriles is 1. The lowest BCUT2D eigenvalue weighted by atomic mass is 10.2. The zero-order valence-corrected chi connectivity index (χ0v) is 11.5. The van der Waals surface area contributed by atoms with Gasteiger partial charge in [-0.1, -0.05) is 11.6 Å². The molecule has 0 spiro atoms. The number of rotatable bonds is 4. The number of aryl methyl sites for hydroxylation is 1. The molecule has 0 aliphatic carbocycles. The van der Waals surface area contributed by atoms with Crippen LogP contribution < -0.4 is 5.32 Å². The monoisotopic (exact) mass is 277 g/mol. The average molecular weight is 278 g/mol. The molecule has 2 heterocycles. The second kappa shape index (κ2) is 5.85. The first-order valence-corrected chi connectivity index (χ1v) is 6.74. The van der Waals surface area contributed by atoms with Gasteiger partial charge in [-0.3, -0.25) is 0 Å². The second-order valence-electron chi connectivity index (χ2n) is 3.84. The standard InChI is InChI=1S/C13H12ClN3S/c1-9-2-3-10(8-15)13(17-9)16-7-6-11-4-5-12(14)18-11/h2-5H,6-7H2,1H3,(H,16,17). The third kappa shape index (κ3) is 3.22. The summed E-state index contributed by atoms with van der Waals surface area (Å²) >= 11 is 7.44. The fourth-order valence-corrected chi connectivity index (χ4v) is 2.66. The minimum Gasteiger partial charge on any atom is -0.369 e. The number of anilines is 1. The van der Waals surface area contributed by atoms with E-state index in [1.54, 1.807) is 17.4 Å². The van der Waals surface area contributed by atoms with Crippen LogP contribution in [0.4, 0.5) is 5.82 Å². The van der Waals surface area contributed by atoms with E-state index < -0.39 is 0 Å². The highest BCUT2D eigenvalue weighted by atomic mass is 35.5. The average Bonchev–Trinajstić information content (AvgIpc) is 2.75. The van der Waals surface area contributed by atoms with Gasteiger partial charge in [0.05, 0.1) is 9.90 Å². The first-order chi connectivity index (χ1) is 8.69. The number of halogens is 1. The maximum absolute atomic E-state index is 8.98. The Hall–Kier alpha value is -1.57. The molecule has 0 bridgehead atoms. The fourth-order valence-electron chi connectivity index (χ4n) is 1.57. The molecule has 92 valence electrons. The molecule has 2 rings (SSSR count). The molecule has 0 aromatic carbocycles. The topological polar surface area (TPSA) is 48.7 Å². The highest BCUT2D eigenvalue weighted by Crippen LogP contribution is 2.21. The normalized spacial score (nSPS) is 10.1. The van der Waals surface area contributed by atoms with Crippen molar-refractivity contribution < 1.29 is 0 Å². The number of hydrogen-bond acceptors (Lipinski definition) is 4. The first kappa shape index (κ1) is 12.9. The molecule has 0 aliphatic rings. The molecule has 0 atom stereocenters. The zero-order chi connectivity index (χ0) is 13.0. The van der Waals surface area contributed by atoms with E-state index in [9.17, 15) is 0 Å². The Labute approximate surface area is 115 Å². The first-order valence-electron chi connectivity index (χ1n) is 5.55. The third-order valence-corrected chi connectivity index (χ3v) is 3.74. The van der Waals surface area contributed by atoms with Crippen molar-refractivity contribution >= 4 is 28.8 Å². The van der Waals surface area contributed by atoms with Gasteiger partial charge in [0.15, 0.2) is 0 Å². The van der Waals surface area contributed by atoms with E-state index in [0.717, 1.165) is 23.0 Å². The van der Waals surface area contributed by atoms with Crippen LogP contribution in [0.1, 0.15) is 16.1 Å². The van der Waals surface area contributed by atoms with Crippen LogP contribution in [-0.4, -0.2) is 11.5 Å². The molecule has 2 aromatic heterocycles. The predicted molar refractivity (Wildman–Crippen MR) is 75.2 cm³/mol. The molecule has 0 fully saturated rings. The number of pyridine rings is 1. The Morgan fingerprint density at radius 1 is 1.39 bits per heavy atom. The van der Waals surface area contributed by atoms with E-state index in [4.69, 9.17) is 16.9 Å². The van der Waals surface area contributed by atoms with Gasteiger partial charge in [-0.15, -0.1) is 11.3 Å². The summed E-state index contributed by atoms with van der Waals surface area (Å²) in [4.78, 5) is 5.55. The zero-order valence-electron chi connectivity index (χ0n) is 9.90. The summed E-state index contributed by atoms with van der Waals surface area (Å²) in [5.41, 5.74) is 1.47. The smallest absolute Gasteiger partial charge is 0.144 e. The Morgan fingerprint density at radius 3 is 2.89 bits per heavy atom. The largest absolute Gasteiger partial charge is 0.369 e. The Kier molecular flexibility index (Phi) is 4.19. The molecule has 0 radical (unpaired) electrons. The summed E-state index contributed by atoms with van der Waals surface area (Å²) < 4.78 is 0.802. The molecule has 2 aromatic rings. The van der Waals surface area contributed by atoms with Crippen molar-refractivity contribution in [2.75, 3.05) is 11.9 Å². The molecule has 5 heteroatoms. The van der Waals surface area contributed by atoms with E-state index in [1.165, 1.54) is 4.88 Å². The number of hydrogen-bond donors (Lipinski definition) is 1. The highest BCUT2D eigenvalue weighted by Gasteiger charge is 2.04. The van der Waals surface area contributed by atoms with Crippen molar-refractivity contribution in [2.24, 2.45) is 0 Å². The van der Waals surface area contributed by atoms with E-state index in [0.29, 0.717) is 11.4 Å². The van der Waals surface area contributed by atoms with Crippen molar-refractivity contribution in [3.63, 3.8) is 0 Å². The Morgan fingerprint density at radius 2 is 2.22 bits per heavy atom. The van der Waals surface area contributed by atoms with Gasteiger partial charge in [-0.05, 0) is 37.6 Å². The van der Waals surface area contributed by atoms with Gasteiger partial charge in [0, 0.05) is 17.1 Å². The van der Waals surface area contributed by atoms with Crippen molar-refractivity contribution in [1.82, 2.24) is 4.98 Å². The van der Waals surface area contributed by atoms with Gasteiger partial charge >= 0.3 is 0 Å². The summed E-state index contributed by atoms with van der Waals surface area (Å²) in [7, 11) is 0. The number of aromatic nitrogens is 1. The lowest BCUT2D eigenvalue weighted by Gasteiger charge is -2.07. The minimum absolute atomic E-state index is 0.574. The predicted octanol–water partition coefficient (Wildman–Crippen LogP) is 3.63. The third-order valence-electron chi connectivity index (χ3n) is 2.45. The van der Waals surface area contributed by atoms with Crippen LogP contribution in [0.25, 0.3) is 0 Å². The number of thiophene rings is 1. The van der Waals surface area contributed by atoms with Crippen molar-refractivity contribution in [3.8, 4) is 6.07 Å². The summed E-state index contributed by atoms with van der Waals surface area (Å²) in [5.74, 6) is 0.653. The van der Waals surface area contributed by atoms with Gasteiger partial charge in [-0.25, -0.2) is 4.98 Å². The lowest BCUT2D eigenvalue weighted by Crippen LogP contribution is -2.07. The minimum atomic E-state index is 0.574. The van der Waals surface area contributed by atoms with Gasteiger partial charge in [0.25, 0.3) is 0 Å². The number of nitrogens with zero attached hydrogens (tertiary/aromatic N) is 2. The molecule has 1 N–H and O–H groups in total. The Bertz CT molecular complexity index is 586. The maximum atomic E-state index is 8.98. The molecule has 0 saturated carbocycles. The van der Waals surface area contributed by atoms with Crippen molar-refractivity contribution in [3.05, 3.63) is 44.7 Å². The molecule has 0 unspecified atom stereocenters. The maximum Gasteiger partial charge on any atom is 0.144 e. The van der Waals surface area contributed by atoms with Crippen LogP contribution >= 0.6 is 22.9 Å². The molecule has 18 heavy (non-hydrogen) atoms. The van der Waals surface area contributed by atoms with E-state index >= 15 is 0 Å². The van der Waals surface area contributed by atoms with E-state index in [1.807, 2.05) is 25.1 Å². The van der Waals surface area contributed by atoms with E-state index in [-0.39, 0.29) is 0 Å². The fraction of sp³-hybridized carbons (Fsp3) is 0.231. The van der Waals surface area contributed by atoms with Gasteiger partial charge < -0.3 is 5.32 Å². The van der Waals surface area contributed by atoms with Crippen LogP contribution in [0.15, 0.2) is 24.3 Å². The van der Waals surface area contributed by atoms with Crippen LogP contribution in [0.2, 0.25) is 4.34 Å². The van der Waals surface area contributed by atoms with Crippen molar-refractivity contribution in [2.45, 2.75) is 13.3 Å². The van der Waals surface area contributed by atoms with Crippen molar-refractivity contribution in [1.29, 1.82) is 5.26 Å². The number of nitrogens with one attached hydrogen (secondary N) is 1. The highest BCUT2D eigenvalue weighted by molar-refractivity contribution is 7.16. The van der Waals surface area contributed by atoms with Gasteiger partial charge in [-0.2, -0.15) is 5.26 Å². The summed E-state index contributed by atoms with van der Waals surface area (Å²) in [6, 6.07) is 9.67. The van der Waals surface area contributed by atoms with Crippen LogP contribution in [0.5, 0.6) is 0 Å². The summed E-state index contributed by atoms with van der Waals surface area (Å²) in [6.45, 7) is 2.65.